The number of sulfonamides is 1. The SMILES string of the molecule is O=C(Nc1cnn(Cc2ccccc2)c1)C1CCN(S(=O)(=O)c2ccc3ccccc3c2)CC1. The van der Waals surface area contributed by atoms with Gasteiger partial charge in [-0.05, 0) is 41.3 Å². The lowest BCUT2D eigenvalue weighted by molar-refractivity contribution is -0.120. The molecule has 1 N–H and O–H groups in total. The highest BCUT2D eigenvalue weighted by Crippen LogP contribution is 2.27. The Hall–Kier alpha value is -3.49. The van der Waals surface area contributed by atoms with Gasteiger partial charge in [0, 0.05) is 25.2 Å². The molecule has 0 bridgehead atoms. The van der Waals surface area contributed by atoms with Gasteiger partial charge in [-0.2, -0.15) is 9.40 Å². The molecule has 3 aromatic carbocycles. The van der Waals surface area contributed by atoms with Crippen LogP contribution in [0.4, 0.5) is 5.69 Å². The van der Waals surface area contributed by atoms with E-state index in [1.807, 2.05) is 66.9 Å². The minimum absolute atomic E-state index is 0.0954. The van der Waals surface area contributed by atoms with Crippen LogP contribution in [0.2, 0.25) is 0 Å². The van der Waals surface area contributed by atoms with Crippen molar-refractivity contribution in [3.63, 3.8) is 0 Å². The average Bonchev–Trinajstić information content (AvgIpc) is 3.30. The largest absolute Gasteiger partial charge is 0.323 e. The Morgan fingerprint density at radius 1 is 0.941 bits per heavy atom. The van der Waals surface area contributed by atoms with E-state index in [1.165, 1.54) is 4.31 Å². The number of hydrogen-bond donors (Lipinski definition) is 1. The van der Waals surface area contributed by atoms with Gasteiger partial charge in [0.1, 0.15) is 0 Å². The summed E-state index contributed by atoms with van der Waals surface area (Å²) in [5.74, 6) is -0.331. The number of carbonyl (C=O) groups excluding carboxylic acids is 1. The summed E-state index contributed by atoms with van der Waals surface area (Å²) in [6.07, 6.45) is 4.41. The van der Waals surface area contributed by atoms with E-state index in [2.05, 4.69) is 10.4 Å². The first-order chi connectivity index (χ1) is 16.5. The zero-order valence-electron chi connectivity index (χ0n) is 18.7. The molecular formula is C26H26N4O3S. The van der Waals surface area contributed by atoms with Gasteiger partial charge in [-0.15, -0.1) is 0 Å². The summed E-state index contributed by atoms with van der Waals surface area (Å²) in [6.45, 7) is 1.27. The summed E-state index contributed by atoms with van der Waals surface area (Å²) in [5.41, 5.74) is 1.77. The molecule has 5 rings (SSSR count). The van der Waals surface area contributed by atoms with E-state index in [4.69, 9.17) is 0 Å². The van der Waals surface area contributed by atoms with Crippen LogP contribution in [-0.4, -0.2) is 41.5 Å². The number of hydrogen-bond acceptors (Lipinski definition) is 4. The fraction of sp³-hybridized carbons (Fsp3) is 0.231. The molecule has 1 saturated heterocycles. The maximum atomic E-state index is 13.2. The van der Waals surface area contributed by atoms with Crippen LogP contribution in [0, 0.1) is 5.92 Å². The zero-order valence-corrected chi connectivity index (χ0v) is 19.5. The van der Waals surface area contributed by atoms with Crippen molar-refractivity contribution in [3.05, 3.63) is 90.8 Å². The van der Waals surface area contributed by atoms with E-state index in [-0.39, 0.29) is 11.8 Å². The summed E-state index contributed by atoms with van der Waals surface area (Å²) >= 11 is 0. The maximum Gasteiger partial charge on any atom is 0.243 e. The van der Waals surface area contributed by atoms with Crippen LogP contribution in [-0.2, 0) is 21.4 Å². The first-order valence-electron chi connectivity index (χ1n) is 11.4. The predicted molar refractivity (Wildman–Crippen MR) is 132 cm³/mol. The van der Waals surface area contributed by atoms with Crippen molar-refractivity contribution < 1.29 is 13.2 Å². The monoisotopic (exact) mass is 474 g/mol. The third kappa shape index (κ3) is 4.73. The fourth-order valence-corrected chi connectivity index (χ4v) is 5.87. The van der Waals surface area contributed by atoms with Gasteiger partial charge in [0.15, 0.2) is 0 Å². The molecule has 0 radical (unpaired) electrons. The number of fused-ring (bicyclic) bond motifs is 1. The minimum atomic E-state index is -3.60. The second-order valence-corrected chi connectivity index (χ2v) is 10.5. The number of anilines is 1. The fourth-order valence-electron chi connectivity index (χ4n) is 4.36. The van der Waals surface area contributed by atoms with Crippen LogP contribution in [0.15, 0.2) is 90.1 Å². The number of aromatic nitrogens is 2. The summed E-state index contributed by atoms with van der Waals surface area (Å²) in [7, 11) is -3.60. The highest BCUT2D eigenvalue weighted by Gasteiger charge is 2.32. The smallest absolute Gasteiger partial charge is 0.243 e. The number of piperidine rings is 1. The normalized spacial score (nSPS) is 15.4. The third-order valence-electron chi connectivity index (χ3n) is 6.27. The molecule has 4 aromatic rings. The molecule has 1 aliphatic rings. The van der Waals surface area contributed by atoms with E-state index in [0.29, 0.717) is 43.1 Å². The van der Waals surface area contributed by atoms with Crippen molar-refractivity contribution in [1.82, 2.24) is 14.1 Å². The Bertz CT molecular complexity index is 1410. The summed E-state index contributed by atoms with van der Waals surface area (Å²) in [5, 5.41) is 9.15. The van der Waals surface area contributed by atoms with Gasteiger partial charge in [-0.25, -0.2) is 8.42 Å². The lowest BCUT2D eigenvalue weighted by Crippen LogP contribution is -2.41. The van der Waals surface area contributed by atoms with E-state index in [1.54, 1.807) is 23.0 Å². The lowest BCUT2D eigenvalue weighted by atomic mass is 9.97. The molecule has 0 spiro atoms. The Morgan fingerprint density at radius 3 is 2.41 bits per heavy atom. The lowest BCUT2D eigenvalue weighted by Gasteiger charge is -2.30. The number of rotatable bonds is 6. The van der Waals surface area contributed by atoms with Crippen molar-refractivity contribution in [2.45, 2.75) is 24.3 Å². The van der Waals surface area contributed by atoms with Gasteiger partial charge < -0.3 is 5.32 Å². The van der Waals surface area contributed by atoms with Gasteiger partial charge in [-0.3, -0.25) is 9.48 Å². The molecule has 1 fully saturated rings. The second-order valence-electron chi connectivity index (χ2n) is 8.59. The van der Waals surface area contributed by atoms with Crippen molar-refractivity contribution in [1.29, 1.82) is 0 Å². The highest BCUT2D eigenvalue weighted by molar-refractivity contribution is 7.89. The standard InChI is InChI=1S/C26H26N4O3S/c31-26(28-24-17-27-29(19-24)18-20-6-2-1-3-7-20)22-12-14-30(15-13-22)34(32,33)25-11-10-21-8-4-5-9-23(21)16-25/h1-11,16-17,19,22H,12-15,18H2,(H,28,31). The van der Waals surface area contributed by atoms with Crippen molar-refractivity contribution in [2.75, 3.05) is 18.4 Å². The summed E-state index contributed by atoms with van der Waals surface area (Å²) in [6, 6.07) is 22.9. The third-order valence-corrected chi connectivity index (χ3v) is 8.17. The molecule has 7 nitrogen and oxygen atoms in total. The van der Waals surface area contributed by atoms with Crippen LogP contribution in [0.3, 0.4) is 0 Å². The quantitative estimate of drug-likeness (QED) is 0.456. The number of benzene rings is 3. The van der Waals surface area contributed by atoms with Crippen LogP contribution in [0.1, 0.15) is 18.4 Å². The van der Waals surface area contributed by atoms with Crippen molar-refractivity contribution in [3.8, 4) is 0 Å². The minimum Gasteiger partial charge on any atom is -0.323 e. The first-order valence-corrected chi connectivity index (χ1v) is 12.8. The Balaban J connectivity index is 1.19. The first kappa shape index (κ1) is 22.3. The average molecular weight is 475 g/mol. The molecule has 2 heterocycles. The highest BCUT2D eigenvalue weighted by atomic mass is 32.2. The van der Waals surface area contributed by atoms with E-state index in [9.17, 15) is 13.2 Å². The second kappa shape index (κ2) is 9.40. The van der Waals surface area contributed by atoms with Crippen LogP contribution >= 0.6 is 0 Å². The number of carbonyl (C=O) groups is 1. The zero-order chi connectivity index (χ0) is 23.5. The molecule has 0 saturated carbocycles. The molecule has 0 aliphatic carbocycles. The topological polar surface area (TPSA) is 84.3 Å². The van der Waals surface area contributed by atoms with Crippen LogP contribution in [0.5, 0.6) is 0 Å². The summed E-state index contributed by atoms with van der Waals surface area (Å²) < 4.78 is 29.6. The van der Waals surface area contributed by atoms with Crippen molar-refractivity contribution >= 4 is 32.4 Å². The van der Waals surface area contributed by atoms with Gasteiger partial charge in [0.25, 0.3) is 0 Å². The number of nitrogens with zero attached hydrogens (tertiary/aromatic N) is 3. The van der Waals surface area contributed by atoms with Gasteiger partial charge in [0.05, 0.1) is 23.3 Å². The Morgan fingerprint density at radius 2 is 1.65 bits per heavy atom. The van der Waals surface area contributed by atoms with Crippen LogP contribution < -0.4 is 5.32 Å². The maximum absolute atomic E-state index is 13.2. The molecule has 1 amide bonds. The van der Waals surface area contributed by atoms with E-state index < -0.39 is 10.0 Å². The number of amides is 1. The summed E-state index contributed by atoms with van der Waals surface area (Å²) in [4.78, 5) is 13.1. The van der Waals surface area contributed by atoms with Gasteiger partial charge in [0.2, 0.25) is 15.9 Å². The Kier molecular flexibility index (Phi) is 6.17. The van der Waals surface area contributed by atoms with Gasteiger partial charge in [-0.1, -0.05) is 60.7 Å². The molecule has 1 aliphatic heterocycles. The predicted octanol–water partition coefficient (Wildman–Crippen LogP) is 4.12. The van der Waals surface area contributed by atoms with Gasteiger partial charge >= 0.3 is 0 Å². The number of nitrogens with one attached hydrogen (secondary N) is 1. The van der Waals surface area contributed by atoms with E-state index in [0.717, 1.165) is 16.3 Å². The molecule has 34 heavy (non-hydrogen) atoms. The molecule has 174 valence electrons. The van der Waals surface area contributed by atoms with Crippen molar-refractivity contribution in [2.24, 2.45) is 5.92 Å². The molecule has 1 aromatic heterocycles. The van der Waals surface area contributed by atoms with Crippen LogP contribution in [0.25, 0.3) is 10.8 Å². The molecule has 0 unspecified atom stereocenters. The van der Waals surface area contributed by atoms with E-state index >= 15 is 0 Å². The molecular weight excluding hydrogens is 448 g/mol. The Labute approximate surface area is 199 Å². The molecule has 0 atom stereocenters. The molecule has 8 heteroatoms.